The molecule has 0 atom stereocenters. The molecule has 1 aromatic carbocycles. The Bertz CT molecular complexity index is 575. The van der Waals surface area contributed by atoms with Crippen LogP contribution in [0.2, 0.25) is 5.02 Å². The van der Waals surface area contributed by atoms with E-state index in [1.807, 2.05) is 30.8 Å². The summed E-state index contributed by atoms with van der Waals surface area (Å²) in [6.07, 6.45) is 4.00. The number of nitrogens with zero attached hydrogens (tertiary/aromatic N) is 2. The first-order valence-electron chi connectivity index (χ1n) is 5.91. The third-order valence-corrected chi connectivity index (χ3v) is 3.35. The molecule has 0 aliphatic rings. The number of carbonyl (C=O) groups excluding carboxylic acids is 1. The summed E-state index contributed by atoms with van der Waals surface area (Å²) in [6.45, 7) is 4.69. The van der Waals surface area contributed by atoms with E-state index in [4.69, 9.17) is 11.6 Å². The molecule has 18 heavy (non-hydrogen) atoms. The number of hydrogen-bond acceptors (Lipinski definition) is 2. The van der Waals surface area contributed by atoms with E-state index in [0.717, 1.165) is 17.7 Å². The molecule has 0 aliphatic heterocycles. The zero-order valence-corrected chi connectivity index (χ0v) is 11.2. The molecule has 1 aromatic heterocycles. The number of rotatable bonds is 4. The number of Topliss-reactive ketones (excluding diaryl/α,β-unsaturated/α-hetero) is 1. The predicted octanol–water partition coefficient (Wildman–Crippen LogP) is 3.29. The summed E-state index contributed by atoms with van der Waals surface area (Å²) in [7, 11) is 0. The van der Waals surface area contributed by atoms with Gasteiger partial charge in [0.1, 0.15) is 0 Å². The first-order valence-corrected chi connectivity index (χ1v) is 6.29. The van der Waals surface area contributed by atoms with Crippen molar-refractivity contribution in [3.8, 4) is 0 Å². The Morgan fingerprint density at radius 3 is 2.89 bits per heavy atom. The maximum Gasteiger partial charge on any atom is 0.167 e. The molecule has 0 unspecified atom stereocenters. The fourth-order valence-electron chi connectivity index (χ4n) is 1.86. The standard InChI is InChI=1S/C14H15ClN2O/c1-3-17-9-11(8-16-17)7-14(18)12-5-4-6-13(15)10(12)2/h4-6,8-9H,3,7H2,1-2H3. The number of aromatic nitrogens is 2. The summed E-state index contributed by atoms with van der Waals surface area (Å²) < 4.78 is 1.81. The average Bonchev–Trinajstić information content (AvgIpc) is 2.80. The summed E-state index contributed by atoms with van der Waals surface area (Å²) in [5.41, 5.74) is 2.46. The van der Waals surface area contributed by atoms with Gasteiger partial charge in [-0.25, -0.2) is 0 Å². The lowest BCUT2D eigenvalue weighted by atomic mass is 10.0. The molecule has 0 aliphatic carbocycles. The first-order chi connectivity index (χ1) is 8.61. The second-order valence-electron chi connectivity index (χ2n) is 4.22. The minimum absolute atomic E-state index is 0.0747. The Morgan fingerprint density at radius 2 is 2.22 bits per heavy atom. The van der Waals surface area contributed by atoms with Crippen molar-refractivity contribution in [1.82, 2.24) is 9.78 Å². The van der Waals surface area contributed by atoms with Crippen LogP contribution in [0.3, 0.4) is 0 Å². The van der Waals surface area contributed by atoms with Gasteiger partial charge in [-0.2, -0.15) is 5.10 Å². The van der Waals surface area contributed by atoms with Crippen LogP contribution in [0, 0.1) is 6.92 Å². The molecule has 0 fully saturated rings. The van der Waals surface area contributed by atoms with Crippen LogP contribution < -0.4 is 0 Å². The lowest BCUT2D eigenvalue weighted by Gasteiger charge is -2.05. The van der Waals surface area contributed by atoms with Crippen molar-refractivity contribution in [3.63, 3.8) is 0 Å². The Labute approximate surface area is 111 Å². The van der Waals surface area contributed by atoms with Gasteiger partial charge in [-0.3, -0.25) is 9.48 Å². The Kier molecular flexibility index (Phi) is 3.82. The zero-order valence-electron chi connectivity index (χ0n) is 10.5. The minimum Gasteiger partial charge on any atom is -0.294 e. The van der Waals surface area contributed by atoms with Crippen molar-refractivity contribution in [2.75, 3.05) is 0 Å². The molecule has 0 bridgehead atoms. The molecule has 0 radical (unpaired) electrons. The summed E-state index contributed by atoms with van der Waals surface area (Å²) >= 11 is 6.02. The van der Waals surface area contributed by atoms with E-state index in [0.29, 0.717) is 17.0 Å². The van der Waals surface area contributed by atoms with Gasteiger partial charge < -0.3 is 0 Å². The third kappa shape index (κ3) is 2.62. The van der Waals surface area contributed by atoms with E-state index in [1.165, 1.54) is 0 Å². The number of aryl methyl sites for hydroxylation is 1. The van der Waals surface area contributed by atoms with E-state index < -0.39 is 0 Å². The molecule has 0 saturated carbocycles. The number of halogens is 1. The topological polar surface area (TPSA) is 34.9 Å². The van der Waals surface area contributed by atoms with E-state index in [9.17, 15) is 4.79 Å². The zero-order chi connectivity index (χ0) is 13.1. The molecule has 0 N–H and O–H groups in total. The fraction of sp³-hybridized carbons (Fsp3) is 0.286. The van der Waals surface area contributed by atoms with Gasteiger partial charge in [0.05, 0.1) is 6.20 Å². The number of ketones is 1. The number of carbonyl (C=O) groups is 1. The highest BCUT2D eigenvalue weighted by atomic mass is 35.5. The molecule has 94 valence electrons. The van der Waals surface area contributed by atoms with Crippen molar-refractivity contribution in [3.05, 3.63) is 52.3 Å². The Balaban J connectivity index is 2.19. The van der Waals surface area contributed by atoms with Crippen LogP contribution in [-0.4, -0.2) is 15.6 Å². The van der Waals surface area contributed by atoms with Gasteiger partial charge in [-0.15, -0.1) is 0 Å². The first kappa shape index (κ1) is 12.8. The van der Waals surface area contributed by atoms with E-state index >= 15 is 0 Å². The highest BCUT2D eigenvalue weighted by Gasteiger charge is 2.12. The predicted molar refractivity (Wildman–Crippen MR) is 72.1 cm³/mol. The van der Waals surface area contributed by atoms with Crippen LogP contribution in [-0.2, 0) is 13.0 Å². The van der Waals surface area contributed by atoms with Crippen LogP contribution in [0.25, 0.3) is 0 Å². The maximum atomic E-state index is 12.2. The summed E-state index contributed by atoms with van der Waals surface area (Å²) in [5, 5.41) is 4.79. The molecule has 2 aromatic rings. The molecule has 3 nitrogen and oxygen atoms in total. The SMILES string of the molecule is CCn1cc(CC(=O)c2cccc(Cl)c2C)cn1. The summed E-state index contributed by atoms with van der Waals surface area (Å²) in [4.78, 5) is 12.2. The van der Waals surface area contributed by atoms with Gasteiger partial charge in [0.25, 0.3) is 0 Å². The van der Waals surface area contributed by atoms with Gasteiger partial charge in [0.2, 0.25) is 0 Å². The molecular weight excluding hydrogens is 248 g/mol. The molecule has 0 spiro atoms. The maximum absolute atomic E-state index is 12.2. The van der Waals surface area contributed by atoms with Gasteiger partial charge in [-0.05, 0) is 31.0 Å². The minimum atomic E-state index is 0.0747. The van der Waals surface area contributed by atoms with Gasteiger partial charge >= 0.3 is 0 Å². The van der Waals surface area contributed by atoms with Crippen LogP contribution in [0.5, 0.6) is 0 Å². The van der Waals surface area contributed by atoms with Crippen molar-refractivity contribution in [1.29, 1.82) is 0 Å². The third-order valence-electron chi connectivity index (χ3n) is 2.94. The van der Waals surface area contributed by atoms with E-state index in [-0.39, 0.29) is 5.78 Å². The number of hydrogen-bond donors (Lipinski definition) is 0. The van der Waals surface area contributed by atoms with Crippen LogP contribution in [0.4, 0.5) is 0 Å². The van der Waals surface area contributed by atoms with Crippen LogP contribution in [0.15, 0.2) is 30.6 Å². The molecule has 1 heterocycles. The highest BCUT2D eigenvalue weighted by Crippen LogP contribution is 2.20. The smallest absolute Gasteiger partial charge is 0.167 e. The number of benzene rings is 1. The van der Waals surface area contributed by atoms with E-state index in [2.05, 4.69) is 5.10 Å². The summed E-state index contributed by atoms with van der Waals surface area (Å²) in [6, 6.07) is 5.41. The van der Waals surface area contributed by atoms with Crippen LogP contribution >= 0.6 is 11.6 Å². The molecule has 2 rings (SSSR count). The van der Waals surface area contributed by atoms with Crippen molar-refractivity contribution >= 4 is 17.4 Å². The van der Waals surface area contributed by atoms with Gasteiger partial charge in [0, 0.05) is 29.7 Å². The van der Waals surface area contributed by atoms with Gasteiger partial charge in [0.15, 0.2) is 5.78 Å². The second-order valence-corrected chi connectivity index (χ2v) is 4.62. The second kappa shape index (κ2) is 5.36. The molecular formula is C14H15ClN2O. The Hall–Kier alpha value is -1.61. The Morgan fingerprint density at radius 1 is 1.44 bits per heavy atom. The van der Waals surface area contributed by atoms with E-state index in [1.54, 1.807) is 18.3 Å². The van der Waals surface area contributed by atoms with Gasteiger partial charge in [-0.1, -0.05) is 23.7 Å². The monoisotopic (exact) mass is 262 g/mol. The average molecular weight is 263 g/mol. The fourth-order valence-corrected chi connectivity index (χ4v) is 2.04. The lowest BCUT2D eigenvalue weighted by Crippen LogP contribution is -2.05. The van der Waals surface area contributed by atoms with Crippen LogP contribution in [0.1, 0.15) is 28.4 Å². The largest absolute Gasteiger partial charge is 0.294 e. The molecule has 0 saturated heterocycles. The van der Waals surface area contributed by atoms with Crippen molar-refractivity contribution in [2.24, 2.45) is 0 Å². The highest BCUT2D eigenvalue weighted by molar-refractivity contribution is 6.31. The molecule has 4 heteroatoms. The lowest BCUT2D eigenvalue weighted by molar-refractivity contribution is 0.0992. The quantitative estimate of drug-likeness (QED) is 0.793. The van der Waals surface area contributed by atoms with Crippen molar-refractivity contribution in [2.45, 2.75) is 26.8 Å². The molecule has 0 amide bonds. The normalized spacial score (nSPS) is 10.6. The summed E-state index contributed by atoms with van der Waals surface area (Å²) in [5.74, 6) is 0.0747. The van der Waals surface area contributed by atoms with Crippen molar-refractivity contribution < 1.29 is 4.79 Å².